The highest BCUT2D eigenvalue weighted by molar-refractivity contribution is 5.50. The lowest BCUT2D eigenvalue weighted by Crippen LogP contribution is -2.22. The van der Waals surface area contributed by atoms with Crippen molar-refractivity contribution in [1.82, 2.24) is 4.57 Å². The van der Waals surface area contributed by atoms with E-state index in [4.69, 9.17) is 9.47 Å². The Morgan fingerprint density at radius 3 is 2.62 bits per heavy atom. The van der Waals surface area contributed by atoms with Crippen LogP contribution in [0.4, 0.5) is 5.69 Å². The molecule has 0 spiro atoms. The monoisotopic (exact) mass is 320 g/mol. The molecule has 0 radical (unpaired) electrons. The minimum atomic E-state index is -0.0524. The van der Waals surface area contributed by atoms with Crippen molar-refractivity contribution in [2.45, 2.75) is 6.23 Å². The van der Waals surface area contributed by atoms with E-state index in [-0.39, 0.29) is 6.23 Å². The highest BCUT2D eigenvalue weighted by Gasteiger charge is 2.27. The van der Waals surface area contributed by atoms with Gasteiger partial charge in [0.2, 0.25) is 0 Å². The number of ether oxygens (including phenoxy) is 2. The fraction of sp³-hybridized carbons (Fsp3) is 0.200. The molecule has 0 amide bonds. The van der Waals surface area contributed by atoms with Gasteiger partial charge in [0.25, 0.3) is 0 Å². The minimum absolute atomic E-state index is 0.0524. The molecule has 3 aromatic rings. The first-order chi connectivity index (χ1) is 11.9. The van der Waals surface area contributed by atoms with Gasteiger partial charge in [0.1, 0.15) is 5.75 Å². The molecule has 1 aromatic heterocycles. The van der Waals surface area contributed by atoms with Crippen LogP contribution in [0.2, 0.25) is 0 Å². The summed E-state index contributed by atoms with van der Waals surface area (Å²) in [4.78, 5) is 2.29. The van der Waals surface area contributed by atoms with Crippen LogP contribution < -0.4 is 9.64 Å². The van der Waals surface area contributed by atoms with Crippen LogP contribution in [0, 0.1) is 0 Å². The average Bonchev–Trinajstić information content (AvgIpc) is 3.31. The van der Waals surface area contributed by atoms with Gasteiger partial charge in [-0.25, -0.2) is 0 Å². The number of para-hydroxylation sites is 3. The van der Waals surface area contributed by atoms with Gasteiger partial charge in [-0.1, -0.05) is 30.3 Å². The van der Waals surface area contributed by atoms with Gasteiger partial charge in [-0.15, -0.1) is 0 Å². The number of nitrogens with zero attached hydrogens (tertiary/aromatic N) is 2. The molecule has 2 aromatic carbocycles. The van der Waals surface area contributed by atoms with Gasteiger partial charge in [-0.2, -0.15) is 0 Å². The van der Waals surface area contributed by atoms with E-state index in [1.54, 1.807) is 7.11 Å². The van der Waals surface area contributed by atoms with Crippen LogP contribution in [0.15, 0.2) is 73.1 Å². The lowest BCUT2D eigenvalue weighted by atomic mass is 10.2. The molecule has 4 nitrogen and oxygen atoms in total. The summed E-state index contributed by atoms with van der Waals surface area (Å²) in [7, 11) is 1.69. The van der Waals surface area contributed by atoms with E-state index in [1.165, 1.54) is 5.69 Å². The van der Waals surface area contributed by atoms with Crippen molar-refractivity contribution < 1.29 is 9.47 Å². The SMILES string of the molecule is COc1ccccc1-n1ccc(C2OCCN2c2ccccc2)c1. The Hall–Kier alpha value is -2.72. The Kier molecular flexibility index (Phi) is 3.97. The van der Waals surface area contributed by atoms with Crippen molar-refractivity contribution in [3.8, 4) is 11.4 Å². The maximum atomic E-state index is 5.99. The number of aromatic nitrogens is 1. The molecule has 0 aliphatic carbocycles. The molecule has 0 N–H and O–H groups in total. The first kappa shape index (κ1) is 14.8. The second kappa shape index (κ2) is 6.42. The van der Waals surface area contributed by atoms with E-state index in [2.05, 4.69) is 52.2 Å². The second-order valence-corrected chi connectivity index (χ2v) is 5.78. The number of methoxy groups -OCH3 is 1. The lowest BCUT2D eigenvalue weighted by molar-refractivity contribution is 0.114. The highest BCUT2D eigenvalue weighted by atomic mass is 16.5. The third-order valence-corrected chi connectivity index (χ3v) is 4.34. The number of hydrogen-bond acceptors (Lipinski definition) is 3. The zero-order valence-corrected chi connectivity index (χ0v) is 13.6. The van der Waals surface area contributed by atoms with Gasteiger partial charge >= 0.3 is 0 Å². The van der Waals surface area contributed by atoms with Gasteiger partial charge < -0.3 is 18.9 Å². The lowest BCUT2D eigenvalue weighted by Gasteiger charge is -2.24. The molecule has 1 aliphatic heterocycles. The van der Waals surface area contributed by atoms with Crippen LogP contribution in [0.25, 0.3) is 5.69 Å². The van der Waals surface area contributed by atoms with E-state index >= 15 is 0 Å². The molecule has 1 aliphatic rings. The molecule has 0 bridgehead atoms. The second-order valence-electron chi connectivity index (χ2n) is 5.78. The summed E-state index contributed by atoms with van der Waals surface area (Å²) < 4.78 is 13.5. The Balaban J connectivity index is 1.65. The molecular formula is C20H20N2O2. The predicted octanol–water partition coefficient (Wildman–Crippen LogP) is 4.02. The van der Waals surface area contributed by atoms with Crippen LogP contribution in [0.5, 0.6) is 5.75 Å². The molecule has 1 saturated heterocycles. The van der Waals surface area contributed by atoms with Crippen LogP contribution in [-0.4, -0.2) is 24.8 Å². The number of rotatable bonds is 4. The van der Waals surface area contributed by atoms with Crippen molar-refractivity contribution in [1.29, 1.82) is 0 Å². The molecule has 2 heterocycles. The molecule has 122 valence electrons. The Morgan fingerprint density at radius 2 is 1.79 bits per heavy atom. The zero-order valence-electron chi connectivity index (χ0n) is 13.6. The van der Waals surface area contributed by atoms with Crippen molar-refractivity contribution in [3.05, 3.63) is 78.6 Å². The maximum Gasteiger partial charge on any atom is 0.158 e. The summed E-state index contributed by atoms with van der Waals surface area (Å²) in [5.41, 5.74) is 3.35. The van der Waals surface area contributed by atoms with Crippen LogP contribution >= 0.6 is 0 Å². The first-order valence-electron chi connectivity index (χ1n) is 8.11. The summed E-state index contributed by atoms with van der Waals surface area (Å²) >= 11 is 0. The van der Waals surface area contributed by atoms with E-state index in [9.17, 15) is 0 Å². The first-order valence-corrected chi connectivity index (χ1v) is 8.11. The third-order valence-electron chi connectivity index (χ3n) is 4.34. The van der Waals surface area contributed by atoms with Crippen LogP contribution in [-0.2, 0) is 4.74 Å². The molecule has 1 unspecified atom stereocenters. The number of anilines is 1. The Morgan fingerprint density at radius 1 is 1.00 bits per heavy atom. The average molecular weight is 320 g/mol. The molecular weight excluding hydrogens is 300 g/mol. The normalized spacial score (nSPS) is 17.2. The van der Waals surface area contributed by atoms with Crippen LogP contribution in [0.3, 0.4) is 0 Å². The van der Waals surface area contributed by atoms with Crippen molar-refractivity contribution >= 4 is 5.69 Å². The van der Waals surface area contributed by atoms with E-state index < -0.39 is 0 Å². The van der Waals surface area contributed by atoms with Crippen molar-refractivity contribution in [2.75, 3.05) is 25.2 Å². The summed E-state index contributed by atoms with van der Waals surface area (Å²) in [6, 6.07) is 20.5. The number of benzene rings is 2. The molecule has 24 heavy (non-hydrogen) atoms. The maximum absolute atomic E-state index is 5.99. The molecule has 1 fully saturated rings. The van der Waals surface area contributed by atoms with Gasteiger partial charge in [0, 0.05) is 30.2 Å². The zero-order chi connectivity index (χ0) is 16.4. The van der Waals surface area contributed by atoms with Gasteiger partial charge in [0.15, 0.2) is 6.23 Å². The van der Waals surface area contributed by atoms with Gasteiger partial charge in [-0.3, -0.25) is 0 Å². The molecule has 4 heteroatoms. The smallest absolute Gasteiger partial charge is 0.158 e. The summed E-state index contributed by atoms with van der Waals surface area (Å²) in [5, 5.41) is 0. The third kappa shape index (κ3) is 2.65. The van der Waals surface area contributed by atoms with E-state index in [1.807, 2.05) is 30.3 Å². The fourth-order valence-corrected chi connectivity index (χ4v) is 3.18. The van der Waals surface area contributed by atoms with Gasteiger partial charge in [0.05, 0.1) is 19.4 Å². The van der Waals surface area contributed by atoms with Crippen molar-refractivity contribution in [3.63, 3.8) is 0 Å². The summed E-state index contributed by atoms with van der Waals surface area (Å²) in [6.07, 6.45) is 4.12. The van der Waals surface area contributed by atoms with Gasteiger partial charge in [-0.05, 0) is 30.3 Å². The largest absolute Gasteiger partial charge is 0.495 e. The van der Waals surface area contributed by atoms with E-state index in [0.717, 1.165) is 30.2 Å². The van der Waals surface area contributed by atoms with Crippen molar-refractivity contribution in [2.24, 2.45) is 0 Å². The topological polar surface area (TPSA) is 26.6 Å². The molecule has 4 rings (SSSR count). The van der Waals surface area contributed by atoms with Crippen LogP contribution in [0.1, 0.15) is 11.8 Å². The predicted molar refractivity (Wildman–Crippen MR) is 94.8 cm³/mol. The number of hydrogen-bond donors (Lipinski definition) is 0. The Labute approximate surface area is 141 Å². The fourth-order valence-electron chi connectivity index (χ4n) is 3.18. The molecule has 0 saturated carbocycles. The minimum Gasteiger partial charge on any atom is -0.495 e. The Bertz CT molecular complexity index is 813. The summed E-state index contributed by atoms with van der Waals surface area (Å²) in [5.74, 6) is 0.854. The highest BCUT2D eigenvalue weighted by Crippen LogP contribution is 2.33. The molecule has 1 atom stereocenters. The quantitative estimate of drug-likeness (QED) is 0.726. The standard InChI is InChI=1S/C20H20N2O2/c1-23-19-10-6-5-9-18(19)21-12-11-16(15-21)20-22(13-14-24-20)17-7-3-2-4-8-17/h2-12,15,20H,13-14H2,1H3. The summed E-state index contributed by atoms with van der Waals surface area (Å²) in [6.45, 7) is 1.63. The van der Waals surface area contributed by atoms with E-state index in [0.29, 0.717) is 0 Å².